The lowest BCUT2D eigenvalue weighted by molar-refractivity contribution is 0.503. The fourth-order valence-electron chi connectivity index (χ4n) is 1.15. The molecular weight excluding hydrogens is 108 g/mol. The maximum absolute atomic E-state index is 2.26. The summed E-state index contributed by atoms with van der Waals surface area (Å²) in [4.78, 5) is 0. The second-order valence-corrected chi connectivity index (χ2v) is 3.13. The molecule has 0 aliphatic carbocycles. The van der Waals surface area contributed by atoms with Crippen LogP contribution in [-0.4, -0.2) is 0 Å². The van der Waals surface area contributed by atoms with Crippen molar-refractivity contribution in [3.8, 4) is 0 Å². The Balaban J connectivity index is 3.38. The third kappa shape index (κ3) is 5.61. The van der Waals surface area contributed by atoms with Crippen molar-refractivity contribution in [3.05, 3.63) is 12.2 Å². The summed E-state index contributed by atoms with van der Waals surface area (Å²) in [6.07, 6.45) is 5.71. The molecule has 9 heavy (non-hydrogen) atoms. The van der Waals surface area contributed by atoms with Crippen LogP contribution in [0.1, 0.15) is 34.1 Å². The van der Waals surface area contributed by atoms with Gasteiger partial charge in [-0.25, -0.2) is 0 Å². The smallest absolute Gasteiger partial charge is 0.0260 e. The van der Waals surface area contributed by atoms with Gasteiger partial charge in [0.05, 0.1) is 0 Å². The van der Waals surface area contributed by atoms with Gasteiger partial charge in [-0.15, -0.1) is 0 Å². The summed E-state index contributed by atoms with van der Waals surface area (Å²) in [6.45, 7) is 8.87. The fourth-order valence-corrected chi connectivity index (χ4v) is 1.15. The van der Waals surface area contributed by atoms with Crippen LogP contribution < -0.4 is 0 Å². The highest BCUT2D eigenvalue weighted by molar-refractivity contribution is 4.82. The molecule has 0 aromatic carbocycles. The first kappa shape index (κ1) is 8.74. The van der Waals surface area contributed by atoms with E-state index in [4.69, 9.17) is 0 Å². The van der Waals surface area contributed by atoms with E-state index in [9.17, 15) is 0 Å². The summed E-state index contributed by atoms with van der Waals surface area (Å²) in [5.41, 5.74) is 0. The molecule has 0 radical (unpaired) electrons. The van der Waals surface area contributed by atoms with Crippen LogP contribution in [0.25, 0.3) is 0 Å². The van der Waals surface area contributed by atoms with E-state index in [1.54, 1.807) is 0 Å². The summed E-state index contributed by atoms with van der Waals surface area (Å²) in [5, 5.41) is 0. The summed E-state index contributed by atoms with van der Waals surface area (Å²) in [6, 6.07) is 0. The molecule has 0 saturated carbocycles. The summed E-state index contributed by atoms with van der Waals surface area (Å²) >= 11 is 0. The zero-order valence-electron chi connectivity index (χ0n) is 7.02. The highest BCUT2D eigenvalue weighted by Gasteiger charge is 1.98. The van der Waals surface area contributed by atoms with Crippen LogP contribution in [0.5, 0.6) is 0 Å². The molecule has 1 atom stereocenters. The molecule has 0 aliphatic heterocycles. The van der Waals surface area contributed by atoms with E-state index in [2.05, 4.69) is 39.8 Å². The van der Waals surface area contributed by atoms with Crippen LogP contribution >= 0.6 is 0 Å². The van der Waals surface area contributed by atoms with Gasteiger partial charge < -0.3 is 0 Å². The molecule has 1 unspecified atom stereocenters. The van der Waals surface area contributed by atoms with E-state index >= 15 is 0 Å². The Kier molecular flexibility index (Phi) is 4.47. The van der Waals surface area contributed by atoms with Gasteiger partial charge in [0.15, 0.2) is 0 Å². The molecule has 0 bridgehead atoms. The molecule has 0 aromatic heterocycles. The number of hydrogen-bond acceptors (Lipinski definition) is 0. The third-order valence-corrected chi connectivity index (χ3v) is 1.36. The lowest BCUT2D eigenvalue weighted by Gasteiger charge is -2.07. The summed E-state index contributed by atoms with van der Waals surface area (Å²) in [5.74, 6) is 1.59. The van der Waals surface area contributed by atoms with Gasteiger partial charge in [-0.1, -0.05) is 32.9 Å². The van der Waals surface area contributed by atoms with Crippen LogP contribution in [0.4, 0.5) is 0 Å². The predicted octanol–water partition coefficient (Wildman–Crippen LogP) is 3.24. The zero-order chi connectivity index (χ0) is 7.28. The van der Waals surface area contributed by atoms with E-state index in [-0.39, 0.29) is 0 Å². The van der Waals surface area contributed by atoms with Crippen molar-refractivity contribution in [1.29, 1.82) is 0 Å². The Bertz CT molecular complexity index is 80.0. The Morgan fingerprint density at radius 3 is 2.11 bits per heavy atom. The monoisotopic (exact) mass is 126 g/mol. The molecule has 0 spiro atoms. The van der Waals surface area contributed by atoms with Crippen molar-refractivity contribution in [2.45, 2.75) is 34.1 Å². The molecule has 54 valence electrons. The van der Waals surface area contributed by atoms with Crippen LogP contribution in [0.15, 0.2) is 12.2 Å². The molecular formula is C9H18. The third-order valence-electron chi connectivity index (χ3n) is 1.36. The maximum Gasteiger partial charge on any atom is -0.0260 e. The number of hydrogen-bond donors (Lipinski definition) is 0. The number of rotatable bonds is 3. The van der Waals surface area contributed by atoms with Crippen LogP contribution in [0.2, 0.25) is 0 Å². The molecule has 0 rings (SSSR count). The van der Waals surface area contributed by atoms with Gasteiger partial charge in [-0.2, -0.15) is 0 Å². The van der Waals surface area contributed by atoms with E-state index < -0.39 is 0 Å². The van der Waals surface area contributed by atoms with Crippen molar-refractivity contribution >= 4 is 0 Å². The van der Waals surface area contributed by atoms with Gasteiger partial charge in [0, 0.05) is 0 Å². The Labute approximate surface area is 59.0 Å². The second kappa shape index (κ2) is 4.60. The van der Waals surface area contributed by atoms with Gasteiger partial charge in [-0.05, 0) is 25.2 Å². The first-order chi connectivity index (χ1) is 4.16. The minimum Gasteiger partial charge on any atom is -0.0914 e. The van der Waals surface area contributed by atoms with Gasteiger partial charge in [0.2, 0.25) is 0 Å². The SMILES string of the molecule is CC=CC(C)CC(C)C. The van der Waals surface area contributed by atoms with Crippen LogP contribution in [0, 0.1) is 11.8 Å². The largest absolute Gasteiger partial charge is 0.0914 e. The fraction of sp³-hybridized carbons (Fsp3) is 0.778. The minimum absolute atomic E-state index is 0.759. The summed E-state index contributed by atoms with van der Waals surface area (Å²) < 4.78 is 0. The molecule has 0 aromatic rings. The molecule has 0 heterocycles. The Morgan fingerprint density at radius 1 is 1.22 bits per heavy atom. The van der Waals surface area contributed by atoms with Gasteiger partial charge in [-0.3, -0.25) is 0 Å². The maximum atomic E-state index is 2.26. The Hall–Kier alpha value is -0.260. The van der Waals surface area contributed by atoms with E-state index in [0.717, 1.165) is 11.8 Å². The minimum atomic E-state index is 0.759. The Morgan fingerprint density at radius 2 is 1.78 bits per heavy atom. The predicted molar refractivity (Wildman–Crippen MR) is 43.4 cm³/mol. The van der Waals surface area contributed by atoms with Crippen molar-refractivity contribution in [3.63, 3.8) is 0 Å². The van der Waals surface area contributed by atoms with Crippen molar-refractivity contribution in [1.82, 2.24) is 0 Å². The molecule has 0 heteroatoms. The highest BCUT2D eigenvalue weighted by atomic mass is 14.0. The topological polar surface area (TPSA) is 0 Å². The van der Waals surface area contributed by atoms with E-state index in [0.29, 0.717) is 0 Å². The van der Waals surface area contributed by atoms with Crippen molar-refractivity contribution in [2.75, 3.05) is 0 Å². The lowest BCUT2D eigenvalue weighted by atomic mass is 9.99. The average molecular weight is 126 g/mol. The zero-order valence-corrected chi connectivity index (χ0v) is 7.02. The first-order valence-electron chi connectivity index (χ1n) is 3.79. The summed E-state index contributed by atoms with van der Waals surface area (Å²) in [7, 11) is 0. The van der Waals surface area contributed by atoms with Gasteiger partial charge >= 0.3 is 0 Å². The molecule has 0 saturated heterocycles. The number of allylic oxidation sites excluding steroid dienone is 2. The molecule has 0 N–H and O–H groups in total. The van der Waals surface area contributed by atoms with Crippen molar-refractivity contribution in [2.24, 2.45) is 11.8 Å². The van der Waals surface area contributed by atoms with E-state index in [1.807, 2.05) is 0 Å². The van der Waals surface area contributed by atoms with Crippen molar-refractivity contribution < 1.29 is 0 Å². The standard InChI is InChI=1S/C9H18/c1-5-6-9(4)7-8(2)3/h5-6,8-9H,7H2,1-4H3. The highest BCUT2D eigenvalue weighted by Crippen LogP contribution is 2.11. The average Bonchev–Trinajstić information content (AvgIpc) is 1.63. The van der Waals surface area contributed by atoms with E-state index in [1.165, 1.54) is 6.42 Å². The van der Waals surface area contributed by atoms with Gasteiger partial charge in [0.1, 0.15) is 0 Å². The van der Waals surface area contributed by atoms with Crippen LogP contribution in [0.3, 0.4) is 0 Å². The molecule has 0 fully saturated rings. The molecule has 0 aliphatic rings. The lowest BCUT2D eigenvalue weighted by Crippen LogP contribution is -1.95. The first-order valence-corrected chi connectivity index (χ1v) is 3.79. The normalized spacial score (nSPS) is 15.2. The molecule has 0 amide bonds. The molecule has 0 nitrogen and oxygen atoms in total. The second-order valence-electron chi connectivity index (χ2n) is 3.13. The van der Waals surface area contributed by atoms with Crippen LogP contribution in [-0.2, 0) is 0 Å². The quantitative estimate of drug-likeness (QED) is 0.509. The van der Waals surface area contributed by atoms with Gasteiger partial charge in [0.25, 0.3) is 0 Å².